The van der Waals surface area contributed by atoms with Gasteiger partial charge in [-0.1, -0.05) is 29.8 Å². The van der Waals surface area contributed by atoms with Crippen molar-refractivity contribution < 1.29 is 26.7 Å². The Bertz CT molecular complexity index is 663. The zero-order valence-corrected chi connectivity index (χ0v) is 10.1. The molecule has 0 N–H and O–H groups in total. The molecule has 6 heteroatoms. The van der Waals surface area contributed by atoms with Crippen LogP contribution < -0.4 is 0 Å². The Balaban J connectivity index is 2.64. The van der Waals surface area contributed by atoms with Gasteiger partial charge in [-0.15, -0.1) is 0 Å². The first-order chi connectivity index (χ1) is 9.34. The summed E-state index contributed by atoms with van der Waals surface area (Å²) < 4.78 is 65.9. The molecular weight excluding hydrogens is 279 g/mol. The van der Waals surface area contributed by atoms with E-state index in [1.807, 2.05) is 0 Å². The molecule has 0 aliphatic rings. The molecule has 2 aromatic rings. The minimum absolute atomic E-state index is 0.168. The van der Waals surface area contributed by atoms with Crippen molar-refractivity contribution in [2.45, 2.75) is 6.92 Å². The molecule has 1 nitrogen and oxygen atoms in total. The quantitative estimate of drug-likeness (QED) is 0.354. The Labute approximate surface area is 110 Å². The summed E-state index contributed by atoms with van der Waals surface area (Å²) in [5.74, 6) is -12.1. The van der Waals surface area contributed by atoms with Gasteiger partial charge in [-0.2, -0.15) is 0 Å². The van der Waals surface area contributed by atoms with Crippen LogP contribution in [-0.2, 0) is 0 Å². The number of aryl methyl sites for hydroxylation is 1. The summed E-state index contributed by atoms with van der Waals surface area (Å²) in [5.41, 5.74) is -0.844. The van der Waals surface area contributed by atoms with Crippen LogP contribution in [0.1, 0.15) is 21.5 Å². The molecule has 0 radical (unpaired) electrons. The molecule has 0 aliphatic heterocycles. The molecule has 0 heterocycles. The minimum atomic E-state index is -2.29. The van der Waals surface area contributed by atoms with E-state index in [-0.39, 0.29) is 5.56 Å². The summed E-state index contributed by atoms with van der Waals surface area (Å²) >= 11 is 0. The minimum Gasteiger partial charge on any atom is -0.288 e. The largest absolute Gasteiger partial charge is 0.288 e. The molecule has 0 fully saturated rings. The molecule has 0 unspecified atom stereocenters. The van der Waals surface area contributed by atoms with E-state index in [9.17, 15) is 26.7 Å². The van der Waals surface area contributed by atoms with Crippen LogP contribution in [0.4, 0.5) is 22.0 Å². The van der Waals surface area contributed by atoms with E-state index in [0.717, 1.165) is 5.56 Å². The molecule has 0 spiro atoms. The van der Waals surface area contributed by atoms with Gasteiger partial charge in [-0.25, -0.2) is 22.0 Å². The Morgan fingerprint density at radius 2 is 1.15 bits per heavy atom. The summed E-state index contributed by atoms with van der Waals surface area (Å²) in [7, 11) is 0. The molecule has 0 aromatic heterocycles. The van der Waals surface area contributed by atoms with Gasteiger partial charge < -0.3 is 0 Å². The topological polar surface area (TPSA) is 17.1 Å². The highest BCUT2D eigenvalue weighted by Crippen LogP contribution is 2.25. The van der Waals surface area contributed by atoms with Gasteiger partial charge in [-0.3, -0.25) is 4.79 Å². The van der Waals surface area contributed by atoms with Crippen molar-refractivity contribution in [3.8, 4) is 0 Å². The predicted molar refractivity (Wildman–Crippen MR) is 60.8 cm³/mol. The van der Waals surface area contributed by atoms with Crippen LogP contribution in [0, 0.1) is 36.0 Å². The van der Waals surface area contributed by atoms with Crippen molar-refractivity contribution in [3.05, 3.63) is 70.0 Å². The summed E-state index contributed by atoms with van der Waals surface area (Å²) in [6.07, 6.45) is 0. The average Bonchev–Trinajstić information content (AvgIpc) is 2.44. The molecule has 0 bridgehead atoms. The fourth-order valence-electron chi connectivity index (χ4n) is 1.65. The first-order valence-electron chi connectivity index (χ1n) is 5.47. The maximum Gasteiger partial charge on any atom is 0.200 e. The Hall–Kier alpha value is -2.24. The second kappa shape index (κ2) is 5.03. The number of hydrogen-bond donors (Lipinski definition) is 0. The molecule has 0 amide bonds. The van der Waals surface area contributed by atoms with E-state index >= 15 is 0 Å². The van der Waals surface area contributed by atoms with Crippen molar-refractivity contribution in [1.29, 1.82) is 0 Å². The molecule has 0 aliphatic carbocycles. The highest BCUT2D eigenvalue weighted by atomic mass is 19.2. The SMILES string of the molecule is Cc1ccc(C(=O)c2c(F)c(F)c(F)c(F)c2F)cc1. The van der Waals surface area contributed by atoms with Crippen LogP contribution >= 0.6 is 0 Å². The van der Waals surface area contributed by atoms with Gasteiger partial charge in [0.2, 0.25) is 5.82 Å². The lowest BCUT2D eigenvalue weighted by molar-refractivity contribution is 0.102. The number of benzene rings is 2. The van der Waals surface area contributed by atoms with Crippen LogP contribution in [0.25, 0.3) is 0 Å². The molecule has 0 saturated carbocycles. The van der Waals surface area contributed by atoms with Gasteiger partial charge in [0.15, 0.2) is 29.1 Å². The standard InChI is InChI=1S/C14H7F5O/c1-6-2-4-7(5-3-6)14(20)8-9(15)11(17)13(19)12(18)10(8)16/h2-5H,1H3. The lowest BCUT2D eigenvalue weighted by atomic mass is 10.0. The van der Waals surface area contributed by atoms with E-state index < -0.39 is 40.4 Å². The molecular formula is C14H7F5O. The van der Waals surface area contributed by atoms with Crippen LogP contribution in [0.5, 0.6) is 0 Å². The fraction of sp³-hybridized carbons (Fsp3) is 0.0714. The highest BCUT2D eigenvalue weighted by Gasteiger charge is 2.30. The number of rotatable bonds is 2. The van der Waals surface area contributed by atoms with E-state index in [2.05, 4.69) is 0 Å². The van der Waals surface area contributed by atoms with Crippen LogP contribution in [0.2, 0.25) is 0 Å². The second-order valence-electron chi connectivity index (χ2n) is 4.14. The number of carbonyl (C=O) groups excluding carboxylic acids is 1. The van der Waals surface area contributed by atoms with Crippen molar-refractivity contribution in [1.82, 2.24) is 0 Å². The summed E-state index contributed by atoms with van der Waals surface area (Å²) in [6.45, 7) is 1.71. The Kier molecular flexibility index (Phi) is 3.57. The molecule has 0 saturated heterocycles. The lowest BCUT2D eigenvalue weighted by Gasteiger charge is -2.07. The van der Waals surface area contributed by atoms with E-state index in [0.29, 0.717) is 0 Å². The monoisotopic (exact) mass is 286 g/mol. The number of halogens is 5. The van der Waals surface area contributed by atoms with Gasteiger partial charge in [0.25, 0.3) is 0 Å². The summed E-state index contributed by atoms with van der Waals surface area (Å²) in [5, 5.41) is 0. The first-order valence-corrected chi connectivity index (χ1v) is 5.47. The van der Waals surface area contributed by atoms with Gasteiger partial charge in [0.1, 0.15) is 5.56 Å². The van der Waals surface area contributed by atoms with Gasteiger partial charge in [0, 0.05) is 5.56 Å². The maximum absolute atomic E-state index is 13.5. The van der Waals surface area contributed by atoms with Crippen molar-refractivity contribution in [2.75, 3.05) is 0 Å². The zero-order valence-electron chi connectivity index (χ0n) is 10.1. The third-order valence-electron chi connectivity index (χ3n) is 2.75. The molecule has 0 atom stereocenters. The molecule has 2 aromatic carbocycles. The third-order valence-corrected chi connectivity index (χ3v) is 2.75. The van der Waals surface area contributed by atoms with Crippen LogP contribution in [0.15, 0.2) is 24.3 Å². The van der Waals surface area contributed by atoms with E-state index in [1.165, 1.54) is 24.3 Å². The average molecular weight is 286 g/mol. The van der Waals surface area contributed by atoms with Gasteiger partial charge in [-0.05, 0) is 6.92 Å². The van der Waals surface area contributed by atoms with Gasteiger partial charge >= 0.3 is 0 Å². The van der Waals surface area contributed by atoms with Crippen molar-refractivity contribution in [2.24, 2.45) is 0 Å². The normalized spacial score (nSPS) is 10.7. The van der Waals surface area contributed by atoms with Crippen molar-refractivity contribution >= 4 is 5.78 Å². The molecule has 104 valence electrons. The Morgan fingerprint density at radius 1 is 0.750 bits per heavy atom. The second-order valence-corrected chi connectivity index (χ2v) is 4.14. The summed E-state index contributed by atoms with van der Waals surface area (Å²) in [6, 6.07) is 5.46. The zero-order chi connectivity index (χ0) is 15.0. The van der Waals surface area contributed by atoms with Gasteiger partial charge in [0.05, 0.1) is 0 Å². The van der Waals surface area contributed by atoms with E-state index in [1.54, 1.807) is 6.92 Å². The predicted octanol–water partition coefficient (Wildman–Crippen LogP) is 3.92. The number of ketones is 1. The Morgan fingerprint density at radius 3 is 1.60 bits per heavy atom. The fourth-order valence-corrected chi connectivity index (χ4v) is 1.65. The number of hydrogen-bond acceptors (Lipinski definition) is 1. The smallest absolute Gasteiger partial charge is 0.200 e. The first kappa shape index (κ1) is 14.2. The van der Waals surface area contributed by atoms with Crippen LogP contribution in [-0.4, -0.2) is 5.78 Å². The van der Waals surface area contributed by atoms with Crippen LogP contribution in [0.3, 0.4) is 0 Å². The summed E-state index contributed by atoms with van der Waals surface area (Å²) in [4.78, 5) is 11.9. The maximum atomic E-state index is 13.5. The molecule has 2 rings (SSSR count). The third kappa shape index (κ3) is 2.17. The van der Waals surface area contributed by atoms with Crippen molar-refractivity contribution in [3.63, 3.8) is 0 Å². The molecule has 20 heavy (non-hydrogen) atoms. The lowest BCUT2D eigenvalue weighted by Crippen LogP contribution is -2.13. The van der Waals surface area contributed by atoms with E-state index in [4.69, 9.17) is 0 Å². The highest BCUT2D eigenvalue weighted by molar-refractivity contribution is 6.09. The number of carbonyl (C=O) groups is 1.